The first kappa shape index (κ1) is 20.3. The third kappa shape index (κ3) is 4.04. The number of rotatable bonds is 6. The van der Waals surface area contributed by atoms with E-state index in [1.165, 1.54) is 12.1 Å². The Morgan fingerprint density at radius 1 is 1.21 bits per heavy atom. The number of aromatic nitrogens is 2. The Bertz CT molecular complexity index is 1130. The maximum absolute atomic E-state index is 12.6. The summed E-state index contributed by atoms with van der Waals surface area (Å²) in [7, 11) is 0. The molecule has 0 aliphatic heterocycles. The molecule has 0 aliphatic carbocycles. The van der Waals surface area contributed by atoms with Gasteiger partial charge < -0.3 is 9.26 Å². The average molecular weight is 418 g/mol. The maximum atomic E-state index is 12.6. The predicted octanol–water partition coefficient (Wildman–Crippen LogP) is 3.99. The van der Waals surface area contributed by atoms with Crippen LogP contribution in [0.25, 0.3) is 5.82 Å². The second-order valence-corrected chi connectivity index (χ2v) is 6.77. The number of nitro groups is 1. The normalized spacial score (nSPS) is 10.8. The van der Waals surface area contributed by atoms with Crippen molar-refractivity contribution in [3.8, 4) is 5.82 Å². The van der Waals surface area contributed by atoms with Crippen molar-refractivity contribution in [1.82, 2.24) is 9.72 Å². The van der Waals surface area contributed by atoms with Gasteiger partial charge in [-0.1, -0.05) is 16.8 Å². The summed E-state index contributed by atoms with van der Waals surface area (Å²) in [4.78, 5) is 35.2. The van der Waals surface area contributed by atoms with E-state index in [1.54, 1.807) is 37.5 Å². The van der Waals surface area contributed by atoms with E-state index < -0.39 is 29.0 Å². The molecule has 10 heteroatoms. The Balaban J connectivity index is 1.79. The van der Waals surface area contributed by atoms with E-state index in [-0.39, 0.29) is 10.6 Å². The minimum Gasteiger partial charge on any atom is -0.454 e. The second-order valence-electron chi connectivity index (χ2n) is 6.33. The number of nitrogens with zero attached hydrogens (tertiary/aromatic N) is 3. The lowest BCUT2D eigenvalue weighted by molar-refractivity contribution is -0.385. The van der Waals surface area contributed by atoms with E-state index in [9.17, 15) is 19.7 Å². The number of benzene rings is 1. The van der Waals surface area contributed by atoms with Crippen LogP contribution in [0.2, 0.25) is 5.02 Å². The highest BCUT2D eigenvalue weighted by Gasteiger charge is 2.24. The van der Waals surface area contributed by atoms with Gasteiger partial charge in [-0.05, 0) is 39.0 Å². The number of carbonyl (C=O) groups is 2. The number of hydrogen-bond acceptors (Lipinski definition) is 7. The highest BCUT2D eigenvalue weighted by Crippen LogP contribution is 2.25. The summed E-state index contributed by atoms with van der Waals surface area (Å²) in [5.41, 5.74) is 0.931. The highest BCUT2D eigenvalue weighted by molar-refractivity contribution is 6.31. The number of nitro benzene ring substituents is 1. The zero-order valence-corrected chi connectivity index (χ0v) is 16.5. The summed E-state index contributed by atoms with van der Waals surface area (Å²) in [5.74, 6) is -0.276. The summed E-state index contributed by atoms with van der Waals surface area (Å²) < 4.78 is 11.8. The molecular formula is C19H16ClN3O6. The first-order valence-corrected chi connectivity index (χ1v) is 8.83. The lowest BCUT2D eigenvalue weighted by atomic mass is 10.1. The smallest absolute Gasteiger partial charge is 0.345 e. The zero-order chi connectivity index (χ0) is 21.3. The number of Topliss-reactive ketones (excluding diaryl/α,β-unsaturated/α-hetero) is 1. The number of esters is 1. The van der Waals surface area contributed by atoms with Gasteiger partial charge in [0.2, 0.25) is 5.78 Å². The Morgan fingerprint density at radius 2 is 1.93 bits per heavy atom. The van der Waals surface area contributed by atoms with E-state index in [4.69, 9.17) is 20.9 Å². The van der Waals surface area contributed by atoms with Crippen LogP contribution in [0.1, 0.15) is 37.9 Å². The van der Waals surface area contributed by atoms with Crippen molar-refractivity contribution in [1.29, 1.82) is 0 Å². The van der Waals surface area contributed by atoms with Gasteiger partial charge in [-0.15, -0.1) is 0 Å². The van der Waals surface area contributed by atoms with Crippen molar-refractivity contribution < 1.29 is 23.8 Å². The van der Waals surface area contributed by atoms with Gasteiger partial charge in [-0.3, -0.25) is 19.5 Å². The van der Waals surface area contributed by atoms with E-state index in [2.05, 4.69) is 5.16 Å². The number of ether oxygens (including phenoxy) is 1. The SMILES string of the molecule is Cc1cc(-n2c(C)cc(C(=O)COC(=O)c3ccc(Cl)cc3[N+](=O)[O-])c2C)no1. The fourth-order valence-electron chi connectivity index (χ4n) is 2.97. The van der Waals surface area contributed by atoms with E-state index in [1.807, 2.05) is 0 Å². The Morgan fingerprint density at radius 3 is 2.55 bits per heavy atom. The van der Waals surface area contributed by atoms with Gasteiger partial charge in [0.05, 0.1) is 4.92 Å². The molecule has 0 atom stereocenters. The van der Waals surface area contributed by atoms with Crippen LogP contribution in [0.4, 0.5) is 5.69 Å². The molecule has 2 aromatic heterocycles. The van der Waals surface area contributed by atoms with Crippen LogP contribution in [0.15, 0.2) is 34.9 Å². The minimum atomic E-state index is -0.984. The molecule has 0 aliphatic rings. The van der Waals surface area contributed by atoms with Gasteiger partial charge in [0, 0.05) is 34.1 Å². The molecule has 9 nitrogen and oxygen atoms in total. The molecule has 0 unspecified atom stereocenters. The highest BCUT2D eigenvalue weighted by atomic mass is 35.5. The Labute approximate surface area is 170 Å². The third-order valence-corrected chi connectivity index (χ3v) is 4.52. The van der Waals surface area contributed by atoms with E-state index in [0.29, 0.717) is 22.8 Å². The lowest BCUT2D eigenvalue weighted by Gasteiger charge is -2.07. The summed E-state index contributed by atoms with van der Waals surface area (Å²) in [6.07, 6.45) is 0. The maximum Gasteiger partial charge on any atom is 0.345 e. The standard InChI is InChI=1S/C19H16ClN3O6/c1-10-6-15(12(3)22(10)18-7-11(2)29-21-18)17(24)9-28-19(25)14-5-4-13(20)8-16(14)23(26)27/h4-8H,9H2,1-3H3. The molecule has 0 saturated carbocycles. The van der Waals surface area contributed by atoms with Crippen LogP contribution in [-0.4, -0.2) is 33.0 Å². The molecule has 3 rings (SSSR count). The number of aryl methyl sites for hydroxylation is 2. The van der Waals surface area contributed by atoms with E-state index >= 15 is 0 Å². The largest absolute Gasteiger partial charge is 0.454 e. The molecular weight excluding hydrogens is 402 g/mol. The molecule has 150 valence electrons. The topological polar surface area (TPSA) is 117 Å². The van der Waals surface area contributed by atoms with Crippen LogP contribution in [0.5, 0.6) is 0 Å². The van der Waals surface area contributed by atoms with Crippen molar-refractivity contribution in [3.05, 3.63) is 73.7 Å². The van der Waals surface area contributed by atoms with Crippen molar-refractivity contribution in [2.45, 2.75) is 20.8 Å². The lowest BCUT2D eigenvalue weighted by Crippen LogP contribution is -2.16. The van der Waals surface area contributed by atoms with Crippen LogP contribution in [-0.2, 0) is 4.74 Å². The number of carbonyl (C=O) groups excluding carboxylic acids is 2. The van der Waals surface area contributed by atoms with E-state index in [0.717, 1.165) is 11.8 Å². The summed E-state index contributed by atoms with van der Waals surface area (Å²) >= 11 is 5.73. The van der Waals surface area contributed by atoms with Gasteiger partial charge in [-0.2, -0.15) is 0 Å². The summed E-state index contributed by atoms with van der Waals surface area (Å²) in [6.45, 7) is 4.72. The molecule has 3 aromatic rings. The molecule has 29 heavy (non-hydrogen) atoms. The fraction of sp³-hybridized carbons (Fsp3) is 0.211. The minimum absolute atomic E-state index is 0.111. The molecule has 0 N–H and O–H groups in total. The van der Waals surface area contributed by atoms with Crippen LogP contribution >= 0.6 is 11.6 Å². The van der Waals surface area contributed by atoms with Gasteiger partial charge >= 0.3 is 5.97 Å². The third-order valence-electron chi connectivity index (χ3n) is 4.29. The van der Waals surface area contributed by atoms with Crippen molar-refractivity contribution in [2.24, 2.45) is 0 Å². The van der Waals surface area contributed by atoms with Gasteiger partial charge in [0.25, 0.3) is 5.69 Å². The van der Waals surface area contributed by atoms with Gasteiger partial charge in [0.1, 0.15) is 11.3 Å². The molecule has 0 radical (unpaired) electrons. The second kappa shape index (κ2) is 7.88. The number of halogens is 1. The molecule has 0 spiro atoms. The molecule has 0 bridgehead atoms. The number of hydrogen-bond donors (Lipinski definition) is 0. The molecule has 0 fully saturated rings. The Hall–Kier alpha value is -3.46. The first-order chi connectivity index (χ1) is 13.7. The summed E-state index contributed by atoms with van der Waals surface area (Å²) in [5, 5.41) is 15.2. The van der Waals surface area contributed by atoms with Crippen LogP contribution in [0.3, 0.4) is 0 Å². The van der Waals surface area contributed by atoms with Gasteiger partial charge in [0.15, 0.2) is 12.4 Å². The average Bonchev–Trinajstić information content (AvgIpc) is 3.21. The molecule has 0 saturated heterocycles. The van der Waals surface area contributed by atoms with Crippen LogP contribution < -0.4 is 0 Å². The Kier molecular flexibility index (Phi) is 5.51. The zero-order valence-electron chi connectivity index (χ0n) is 15.8. The quantitative estimate of drug-likeness (QED) is 0.257. The number of ketones is 1. The van der Waals surface area contributed by atoms with Crippen molar-refractivity contribution in [2.75, 3.05) is 6.61 Å². The van der Waals surface area contributed by atoms with Crippen molar-refractivity contribution >= 4 is 29.0 Å². The van der Waals surface area contributed by atoms with Crippen LogP contribution in [0, 0.1) is 30.9 Å². The van der Waals surface area contributed by atoms with Crippen molar-refractivity contribution in [3.63, 3.8) is 0 Å². The predicted molar refractivity (Wildman–Crippen MR) is 103 cm³/mol. The molecule has 0 amide bonds. The molecule has 2 heterocycles. The molecule has 1 aromatic carbocycles. The first-order valence-electron chi connectivity index (χ1n) is 8.46. The fourth-order valence-corrected chi connectivity index (χ4v) is 3.14. The monoisotopic (exact) mass is 417 g/mol. The van der Waals surface area contributed by atoms with Gasteiger partial charge in [-0.25, -0.2) is 4.79 Å². The summed E-state index contributed by atoms with van der Waals surface area (Å²) in [6, 6.07) is 6.95.